The summed E-state index contributed by atoms with van der Waals surface area (Å²) >= 11 is 0. The van der Waals surface area contributed by atoms with Crippen LogP contribution in [0.25, 0.3) is 11.3 Å². The highest BCUT2D eigenvalue weighted by molar-refractivity contribution is 5.80. The molecule has 156 valence electrons. The third-order valence-electron chi connectivity index (χ3n) is 5.22. The number of rotatable bonds is 5. The molecule has 1 fully saturated rings. The Morgan fingerprint density at radius 1 is 1.13 bits per heavy atom. The van der Waals surface area contributed by atoms with Crippen LogP contribution in [-0.2, 0) is 5.41 Å². The number of nitriles is 1. The van der Waals surface area contributed by atoms with Crippen molar-refractivity contribution in [1.29, 1.82) is 5.26 Å². The number of hydrogen-bond donors (Lipinski definition) is 2. The van der Waals surface area contributed by atoms with Crippen molar-refractivity contribution >= 4 is 12.2 Å². The third kappa shape index (κ3) is 3.92. The molecular weight excluding hydrogens is 407 g/mol. The molecule has 1 saturated carbocycles. The van der Waals surface area contributed by atoms with E-state index in [-0.39, 0.29) is 35.6 Å². The maximum Gasteiger partial charge on any atom is 0.398 e. The van der Waals surface area contributed by atoms with Gasteiger partial charge in [0.25, 0.3) is 5.56 Å². The molecule has 4 rings (SSSR count). The molecule has 1 aliphatic rings. The molecule has 0 atom stereocenters. The molecule has 1 aromatic heterocycles. The molecule has 0 saturated heterocycles. The highest BCUT2D eigenvalue weighted by Crippen LogP contribution is 2.58. The van der Waals surface area contributed by atoms with Gasteiger partial charge in [0.15, 0.2) is 0 Å². The monoisotopic (exact) mass is 423 g/mol. The molecule has 3 aromatic rings. The van der Waals surface area contributed by atoms with Crippen LogP contribution in [0.15, 0.2) is 64.5 Å². The Labute approximate surface area is 175 Å². The predicted octanol–water partition coefficient (Wildman–Crippen LogP) is 4.35. The van der Waals surface area contributed by atoms with Crippen LogP contribution >= 0.6 is 0 Å². The number of nitrogens with zero attached hydrogens (tertiary/aromatic N) is 3. The summed E-state index contributed by atoms with van der Waals surface area (Å²) in [5.41, 5.74) is 1.79. The molecule has 9 heteroatoms. The van der Waals surface area contributed by atoms with E-state index in [2.05, 4.69) is 20.5 Å². The summed E-state index contributed by atoms with van der Waals surface area (Å²) < 4.78 is 39.7. The molecule has 0 spiro atoms. The maximum absolute atomic E-state index is 13.2. The summed E-state index contributed by atoms with van der Waals surface area (Å²) in [6, 6.07) is 16.6. The van der Waals surface area contributed by atoms with Crippen molar-refractivity contribution in [3.8, 4) is 17.3 Å². The zero-order valence-electron chi connectivity index (χ0n) is 16.1. The van der Waals surface area contributed by atoms with Crippen LogP contribution in [0.5, 0.6) is 0 Å². The van der Waals surface area contributed by atoms with Gasteiger partial charge in [0.1, 0.15) is 11.6 Å². The average molecular weight is 423 g/mol. The Morgan fingerprint density at radius 2 is 1.81 bits per heavy atom. The lowest BCUT2D eigenvalue weighted by Crippen LogP contribution is -2.28. The fourth-order valence-electron chi connectivity index (χ4n) is 3.35. The minimum Gasteiger partial charge on any atom is -0.290 e. The van der Waals surface area contributed by atoms with Crippen molar-refractivity contribution in [3.05, 3.63) is 81.6 Å². The maximum atomic E-state index is 13.2. The zero-order chi connectivity index (χ0) is 22.1. The van der Waals surface area contributed by atoms with Crippen molar-refractivity contribution in [2.24, 2.45) is 5.10 Å². The van der Waals surface area contributed by atoms with E-state index in [9.17, 15) is 23.2 Å². The van der Waals surface area contributed by atoms with E-state index in [0.29, 0.717) is 11.1 Å². The zero-order valence-corrected chi connectivity index (χ0v) is 16.1. The predicted molar refractivity (Wildman–Crippen MR) is 110 cm³/mol. The molecule has 6 nitrogen and oxygen atoms in total. The molecule has 2 N–H and O–H groups in total. The van der Waals surface area contributed by atoms with Crippen molar-refractivity contribution in [2.45, 2.75) is 24.4 Å². The molecular formula is C22H16F3N5O. The number of aromatic nitrogens is 2. The van der Waals surface area contributed by atoms with Crippen LogP contribution in [0.3, 0.4) is 0 Å². The van der Waals surface area contributed by atoms with E-state index in [1.807, 2.05) is 6.07 Å². The second kappa shape index (κ2) is 7.72. The van der Waals surface area contributed by atoms with Gasteiger partial charge in [0, 0.05) is 5.56 Å². The van der Waals surface area contributed by atoms with Crippen LogP contribution in [0, 0.1) is 11.3 Å². The normalized spacial score (nSPS) is 14.9. The van der Waals surface area contributed by atoms with Gasteiger partial charge in [-0.3, -0.25) is 9.78 Å². The Hall–Kier alpha value is -3.93. The third-order valence-corrected chi connectivity index (χ3v) is 5.22. The van der Waals surface area contributed by atoms with E-state index in [1.165, 1.54) is 18.3 Å². The average Bonchev–Trinajstić information content (AvgIpc) is 3.57. The smallest absolute Gasteiger partial charge is 0.290 e. The minimum atomic E-state index is -4.26. The van der Waals surface area contributed by atoms with Crippen LogP contribution in [0.1, 0.15) is 29.5 Å². The second-order valence-electron chi connectivity index (χ2n) is 7.19. The Bertz CT molecular complexity index is 1220. The lowest BCUT2D eigenvalue weighted by Gasteiger charge is -2.19. The molecule has 0 bridgehead atoms. The number of hydrogen-bond acceptors (Lipinski definition) is 5. The van der Waals surface area contributed by atoms with E-state index >= 15 is 0 Å². The fraction of sp³-hybridized carbons (Fsp3) is 0.182. The van der Waals surface area contributed by atoms with E-state index in [4.69, 9.17) is 0 Å². The van der Waals surface area contributed by atoms with E-state index in [1.54, 1.807) is 42.5 Å². The number of H-pyrrole nitrogens is 1. The van der Waals surface area contributed by atoms with Crippen LogP contribution in [-0.4, -0.2) is 22.4 Å². The first-order valence-electron chi connectivity index (χ1n) is 9.40. The highest BCUT2D eigenvalue weighted by atomic mass is 19.4. The van der Waals surface area contributed by atoms with Crippen LogP contribution < -0.4 is 11.0 Å². The van der Waals surface area contributed by atoms with Gasteiger partial charge < -0.3 is 0 Å². The van der Waals surface area contributed by atoms with Gasteiger partial charge in [-0.15, -0.1) is 0 Å². The lowest BCUT2D eigenvalue weighted by molar-refractivity contribution is -0.160. The van der Waals surface area contributed by atoms with Crippen molar-refractivity contribution < 1.29 is 13.2 Å². The Kier molecular flexibility index (Phi) is 5.07. The number of nitrogens with one attached hydrogen (secondary N) is 2. The first-order chi connectivity index (χ1) is 14.8. The Morgan fingerprint density at radius 3 is 2.39 bits per heavy atom. The topological polar surface area (TPSA) is 93.9 Å². The molecule has 2 aromatic carbocycles. The number of benzene rings is 2. The van der Waals surface area contributed by atoms with E-state index in [0.717, 1.165) is 0 Å². The molecule has 1 heterocycles. The SMILES string of the molecule is N#Cc1c(-c2ccccc2)nc(NN=Cc2ccc(C3(C(F)(F)F)CC3)cc2)[nH]c1=O. The summed E-state index contributed by atoms with van der Waals surface area (Å²) in [4.78, 5) is 18.9. The standard InChI is InChI=1S/C22H16F3N5O/c23-22(24,25)21(10-11-21)16-8-6-14(7-9-16)13-27-30-20-28-18(15-4-2-1-3-5-15)17(12-26)19(31)29-20/h1-9,13H,10-11H2,(H2,28,29,30,31). The number of halogens is 3. The van der Waals surface area contributed by atoms with Crippen molar-refractivity contribution in [1.82, 2.24) is 9.97 Å². The highest BCUT2D eigenvalue weighted by Gasteiger charge is 2.64. The van der Waals surface area contributed by atoms with Crippen molar-refractivity contribution in [3.63, 3.8) is 0 Å². The summed E-state index contributed by atoms with van der Waals surface area (Å²) in [6.07, 6.45) is -2.65. The fourth-order valence-corrected chi connectivity index (χ4v) is 3.35. The van der Waals surface area contributed by atoms with Crippen LogP contribution in [0.2, 0.25) is 0 Å². The molecule has 0 aliphatic heterocycles. The molecule has 31 heavy (non-hydrogen) atoms. The summed E-state index contributed by atoms with van der Waals surface area (Å²) in [5.74, 6) is 0.0322. The van der Waals surface area contributed by atoms with Gasteiger partial charge in [0.2, 0.25) is 5.95 Å². The molecule has 0 radical (unpaired) electrons. The van der Waals surface area contributed by atoms with Crippen LogP contribution in [0.4, 0.5) is 19.1 Å². The molecule has 0 unspecified atom stereocenters. The van der Waals surface area contributed by atoms with Crippen molar-refractivity contribution in [2.75, 3.05) is 5.43 Å². The molecule has 1 aliphatic carbocycles. The number of hydrazone groups is 1. The Balaban J connectivity index is 1.53. The summed E-state index contributed by atoms with van der Waals surface area (Å²) in [7, 11) is 0. The second-order valence-corrected chi connectivity index (χ2v) is 7.19. The number of alkyl halides is 3. The summed E-state index contributed by atoms with van der Waals surface area (Å²) in [5, 5.41) is 13.3. The summed E-state index contributed by atoms with van der Waals surface area (Å²) in [6.45, 7) is 0. The van der Waals surface area contributed by atoms with Gasteiger partial charge in [0.05, 0.1) is 17.3 Å². The van der Waals surface area contributed by atoms with Gasteiger partial charge in [-0.05, 0) is 24.0 Å². The molecule has 0 amide bonds. The lowest BCUT2D eigenvalue weighted by atomic mass is 9.94. The minimum absolute atomic E-state index is 0.0322. The van der Waals surface area contributed by atoms with E-state index < -0.39 is 17.2 Å². The quantitative estimate of drug-likeness (QED) is 0.471. The van der Waals surface area contributed by atoms with Gasteiger partial charge in [-0.25, -0.2) is 10.4 Å². The largest absolute Gasteiger partial charge is 0.398 e. The number of aromatic amines is 1. The first-order valence-corrected chi connectivity index (χ1v) is 9.40. The first kappa shape index (κ1) is 20.3. The van der Waals surface area contributed by atoms with Gasteiger partial charge in [-0.1, -0.05) is 54.6 Å². The number of anilines is 1. The van der Waals surface area contributed by atoms with Gasteiger partial charge >= 0.3 is 6.18 Å². The van der Waals surface area contributed by atoms with Gasteiger partial charge in [-0.2, -0.15) is 23.5 Å².